The zero-order valence-electron chi connectivity index (χ0n) is 16.2. The molecule has 0 aliphatic rings. The van der Waals surface area contributed by atoms with Crippen LogP contribution < -0.4 is 0 Å². The van der Waals surface area contributed by atoms with Crippen molar-refractivity contribution in [2.24, 2.45) is 4.99 Å². The van der Waals surface area contributed by atoms with Gasteiger partial charge in [-0.25, -0.2) is 8.78 Å². The number of alkyl halides is 2. The monoisotopic (exact) mass is 367 g/mol. The van der Waals surface area contributed by atoms with Gasteiger partial charge in [0.2, 0.25) is 0 Å². The van der Waals surface area contributed by atoms with Crippen LogP contribution in [0, 0.1) is 0 Å². The highest BCUT2D eigenvalue weighted by atomic mass is 35.5. The molecule has 0 saturated carbocycles. The molecule has 0 atom stereocenters. The summed E-state index contributed by atoms with van der Waals surface area (Å²) in [5.74, 6) is -3.04. The van der Waals surface area contributed by atoms with E-state index in [0.29, 0.717) is 21.9 Å². The fraction of sp³-hybridized carbons (Fsp3) is 0.381. The van der Waals surface area contributed by atoms with Crippen LogP contribution in [0.2, 0.25) is 0 Å². The van der Waals surface area contributed by atoms with Crippen LogP contribution in [0.25, 0.3) is 0 Å². The fourth-order valence-electron chi connectivity index (χ4n) is 2.16. The number of hydrogen-bond donors (Lipinski definition) is 0. The quantitative estimate of drug-likeness (QED) is 0.325. The van der Waals surface area contributed by atoms with E-state index in [-0.39, 0.29) is 11.3 Å². The van der Waals surface area contributed by atoms with Crippen molar-refractivity contribution >= 4 is 17.3 Å². The maximum Gasteiger partial charge on any atom is 0.272 e. The van der Waals surface area contributed by atoms with Gasteiger partial charge in [0.1, 0.15) is 0 Å². The van der Waals surface area contributed by atoms with Crippen molar-refractivity contribution in [1.29, 1.82) is 0 Å². The topological polar surface area (TPSA) is 12.4 Å². The molecule has 0 amide bonds. The molecular formula is C21H28ClF2N. The van der Waals surface area contributed by atoms with Gasteiger partial charge in [-0.05, 0) is 64.3 Å². The molecule has 0 bridgehead atoms. The van der Waals surface area contributed by atoms with E-state index in [9.17, 15) is 8.78 Å². The van der Waals surface area contributed by atoms with E-state index in [1.54, 1.807) is 26.8 Å². The Morgan fingerprint density at radius 1 is 1.12 bits per heavy atom. The molecule has 0 N–H and O–H groups in total. The van der Waals surface area contributed by atoms with Crippen LogP contribution >= 0.6 is 11.6 Å². The first-order chi connectivity index (χ1) is 11.4. The standard InChI is InChI=1S/C21H28ClF2N/c1-9-11-12-15(5)18(10-2)13-19(21(8,23)24)17(7)25-20(14(3)4)16(6)22/h9-13H,3H2,1-2,4-8H3/b11-9-,15-12+,18-10+,19-13+,20-16+,25-17+. The van der Waals surface area contributed by atoms with Gasteiger partial charge >= 0.3 is 0 Å². The second kappa shape index (κ2) is 10.3. The zero-order chi connectivity index (χ0) is 19.8. The SMILES string of the molecule is C=C(C)C(/N=C(C)/C(=C\C(=C/C)C(\C)=C\C=C/C)C(C)(F)F)=C(/C)Cl. The number of nitrogens with zero attached hydrogens (tertiary/aromatic N) is 1. The van der Waals surface area contributed by atoms with E-state index in [2.05, 4.69) is 11.6 Å². The Bertz CT molecular complexity index is 677. The minimum Gasteiger partial charge on any atom is -0.252 e. The molecule has 0 aliphatic carbocycles. The summed E-state index contributed by atoms with van der Waals surface area (Å²) < 4.78 is 28.4. The van der Waals surface area contributed by atoms with Crippen LogP contribution in [0.15, 0.2) is 75.0 Å². The van der Waals surface area contributed by atoms with Crippen molar-refractivity contribution in [3.63, 3.8) is 0 Å². The Balaban J connectivity index is 6.30. The highest BCUT2D eigenvalue weighted by Crippen LogP contribution is 2.29. The normalized spacial score (nSPS) is 16.4. The number of halogens is 3. The third-order valence-electron chi connectivity index (χ3n) is 3.48. The minimum absolute atomic E-state index is 0.148. The first-order valence-electron chi connectivity index (χ1n) is 8.09. The van der Waals surface area contributed by atoms with Crippen LogP contribution in [-0.4, -0.2) is 11.6 Å². The Labute approximate surface area is 155 Å². The smallest absolute Gasteiger partial charge is 0.252 e. The summed E-state index contributed by atoms with van der Waals surface area (Å²) in [6, 6.07) is 0. The van der Waals surface area contributed by atoms with E-state index < -0.39 is 5.92 Å². The summed E-state index contributed by atoms with van der Waals surface area (Å²) in [6.45, 7) is 15.2. The average Bonchev–Trinajstić information content (AvgIpc) is 2.48. The zero-order valence-corrected chi connectivity index (χ0v) is 16.9. The van der Waals surface area contributed by atoms with Crippen LogP contribution in [0.1, 0.15) is 48.5 Å². The first kappa shape index (κ1) is 23.3. The number of aliphatic imine (C=N–C) groups is 1. The molecule has 1 nitrogen and oxygen atoms in total. The van der Waals surface area contributed by atoms with E-state index in [1.807, 2.05) is 39.0 Å². The largest absolute Gasteiger partial charge is 0.272 e. The Hall–Kier alpha value is -1.74. The molecule has 0 aromatic rings. The van der Waals surface area contributed by atoms with E-state index >= 15 is 0 Å². The third kappa shape index (κ3) is 7.78. The molecule has 138 valence electrons. The highest BCUT2D eigenvalue weighted by molar-refractivity contribution is 6.30. The molecule has 0 radical (unpaired) electrons. The predicted octanol–water partition coefficient (Wildman–Crippen LogP) is 7.54. The van der Waals surface area contributed by atoms with Crippen LogP contribution in [0.5, 0.6) is 0 Å². The molecule has 0 aromatic heterocycles. The lowest BCUT2D eigenvalue weighted by Gasteiger charge is -2.17. The Kier molecular flexibility index (Phi) is 9.58. The molecule has 0 aliphatic heterocycles. The van der Waals surface area contributed by atoms with Gasteiger partial charge in [0, 0.05) is 23.2 Å². The third-order valence-corrected chi connectivity index (χ3v) is 3.66. The van der Waals surface area contributed by atoms with E-state index in [0.717, 1.165) is 12.5 Å². The molecular weight excluding hydrogens is 340 g/mol. The van der Waals surface area contributed by atoms with Crippen LogP contribution in [0.3, 0.4) is 0 Å². The lowest BCUT2D eigenvalue weighted by molar-refractivity contribution is 0.0700. The Morgan fingerprint density at radius 2 is 1.68 bits per heavy atom. The van der Waals surface area contributed by atoms with Gasteiger partial charge in [-0.3, -0.25) is 4.99 Å². The summed E-state index contributed by atoms with van der Waals surface area (Å²) in [5.41, 5.74) is 2.72. The lowest BCUT2D eigenvalue weighted by Crippen LogP contribution is -2.20. The fourth-order valence-corrected chi connectivity index (χ4v) is 2.36. The second-order valence-corrected chi connectivity index (χ2v) is 6.49. The molecule has 0 saturated heterocycles. The second-order valence-electron chi connectivity index (χ2n) is 5.93. The van der Waals surface area contributed by atoms with Gasteiger partial charge in [-0.1, -0.05) is 42.5 Å². The van der Waals surface area contributed by atoms with Crippen molar-refractivity contribution < 1.29 is 8.78 Å². The molecule has 0 spiro atoms. The summed E-state index contributed by atoms with van der Waals surface area (Å²) >= 11 is 6.02. The van der Waals surface area contributed by atoms with Gasteiger partial charge in [0.25, 0.3) is 5.92 Å². The van der Waals surface area contributed by atoms with Crippen LogP contribution in [-0.2, 0) is 0 Å². The summed E-state index contributed by atoms with van der Waals surface area (Å²) in [4.78, 5) is 4.31. The van der Waals surface area contributed by atoms with Gasteiger partial charge in [-0.15, -0.1) is 0 Å². The summed E-state index contributed by atoms with van der Waals surface area (Å²) in [5, 5.41) is 0.418. The lowest BCUT2D eigenvalue weighted by atomic mass is 9.98. The van der Waals surface area contributed by atoms with Crippen molar-refractivity contribution in [3.05, 3.63) is 70.0 Å². The number of allylic oxidation sites excluding steroid dienone is 10. The van der Waals surface area contributed by atoms with Crippen molar-refractivity contribution in [3.8, 4) is 0 Å². The van der Waals surface area contributed by atoms with Crippen molar-refractivity contribution in [2.45, 2.75) is 54.4 Å². The molecule has 4 heteroatoms. The summed E-state index contributed by atoms with van der Waals surface area (Å²) in [6.07, 6.45) is 8.92. The van der Waals surface area contributed by atoms with Crippen molar-refractivity contribution in [2.75, 3.05) is 0 Å². The highest BCUT2D eigenvalue weighted by Gasteiger charge is 2.30. The summed E-state index contributed by atoms with van der Waals surface area (Å²) in [7, 11) is 0. The van der Waals surface area contributed by atoms with Gasteiger partial charge in [-0.2, -0.15) is 0 Å². The molecule has 0 fully saturated rings. The number of rotatable bonds is 7. The molecule has 0 unspecified atom stereocenters. The van der Waals surface area contributed by atoms with Crippen molar-refractivity contribution in [1.82, 2.24) is 0 Å². The maximum atomic E-state index is 14.2. The maximum absolute atomic E-state index is 14.2. The minimum atomic E-state index is -3.04. The number of hydrogen-bond acceptors (Lipinski definition) is 1. The molecule has 0 aromatic carbocycles. The first-order valence-corrected chi connectivity index (χ1v) is 8.47. The Morgan fingerprint density at radius 3 is 2.04 bits per heavy atom. The molecule has 0 rings (SSSR count). The molecule has 25 heavy (non-hydrogen) atoms. The van der Waals surface area contributed by atoms with Gasteiger partial charge < -0.3 is 0 Å². The van der Waals surface area contributed by atoms with Gasteiger partial charge in [0.15, 0.2) is 0 Å². The van der Waals surface area contributed by atoms with E-state index in [4.69, 9.17) is 11.6 Å². The average molecular weight is 368 g/mol. The van der Waals surface area contributed by atoms with Crippen LogP contribution in [0.4, 0.5) is 8.78 Å². The predicted molar refractivity (Wildman–Crippen MR) is 108 cm³/mol. The molecule has 0 heterocycles. The van der Waals surface area contributed by atoms with Gasteiger partial charge in [0.05, 0.1) is 5.70 Å². The van der Waals surface area contributed by atoms with E-state index in [1.165, 1.54) is 6.08 Å².